The van der Waals surface area contributed by atoms with Gasteiger partial charge in [-0.1, -0.05) is 42.8 Å². The van der Waals surface area contributed by atoms with E-state index in [-0.39, 0.29) is 0 Å². The summed E-state index contributed by atoms with van der Waals surface area (Å²) in [6.07, 6.45) is 1.97. The highest BCUT2D eigenvalue weighted by Gasteiger charge is 2.08. The van der Waals surface area contributed by atoms with Gasteiger partial charge in [-0.15, -0.1) is 0 Å². The van der Waals surface area contributed by atoms with Crippen LogP contribution in [0.1, 0.15) is 34.8 Å². The fourth-order valence-electron chi connectivity index (χ4n) is 2.29. The molecule has 0 heterocycles. The number of aromatic carboxylic acids is 1. The van der Waals surface area contributed by atoms with Gasteiger partial charge in [-0.2, -0.15) is 0 Å². The minimum Gasteiger partial charge on any atom is -0.478 e. The summed E-state index contributed by atoms with van der Waals surface area (Å²) in [5.41, 5.74) is 2.65. The number of rotatable bonds is 7. The molecule has 0 saturated heterocycles. The average Bonchev–Trinajstić information content (AvgIpc) is 2.53. The molecular formula is C18H20ClNO2. The lowest BCUT2D eigenvalue weighted by Gasteiger charge is -2.17. The van der Waals surface area contributed by atoms with Crippen molar-refractivity contribution in [3.8, 4) is 0 Å². The van der Waals surface area contributed by atoms with E-state index in [1.807, 2.05) is 36.4 Å². The molecule has 4 heteroatoms. The van der Waals surface area contributed by atoms with E-state index in [9.17, 15) is 4.79 Å². The van der Waals surface area contributed by atoms with Crippen molar-refractivity contribution in [1.82, 2.24) is 5.32 Å². The van der Waals surface area contributed by atoms with Crippen molar-refractivity contribution < 1.29 is 9.90 Å². The van der Waals surface area contributed by atoms with E-state index in [4.69, 9.17) is 16.7 Å². The van der Waals surface area contributed by atoms with Gasteiger partial charge in [0.15, 0.2) is 0 Å². The number of nitrogens with one attached hydrogen (secondary N) is 1. The van der Waals surface area contributed by atoms with Crippen LogP contribution in [0.25, 0.3) is 0 Å². The van der Waals surface area contributed by atoms with Crippen molar-refractivity contribution in [2.45, 2.75) is 32.4 Å². The molecule has 0 aliphatic rings. The molecule has 3 nitrogen and oxygen atoms in total. The Morgan fingerprint density at radius 3 is 2.23 bits per heavy atom. The Bertz CT molecular complexity index is 608. The van der Waals surface area contributed by atoms with Crippen LogP contribution in [0.5, 0.6) is 0 Å². The first kappa shape index (κ1) is 16.5. The zero-order valence-corrected chi connectivity index (χ0v) is 13.3. The molecule has 22 heavy (non-hydrogen) atoms. The number of benzene rings is 2. The monoisotopic (exact) mass is 317 g/mol. The number of hydrogen-bond donors (Lipinski definition) is 2. The summed E-state index contributed by atoms with van der Waals surface area (Å²) in [5, 5.41) is 13.2. The quantitative estimate of drug-likeness (QED) is 0.806. The number of carboxylic acids is 1. The Balaban J connectivity index is 1.90. The maximum Gasteiger partial charge on any atom is 0.335 e. The second-order valence-corrected chi connectivity index (χ2v) is 5.76. The van der Waals surface area contributed by atoms with Crippen LogP contribution in [0.4, 0.5) is 0 Å². The van der Waals surface area contributed by atoms with E-state index in [2.05, 4.69) is 12.2 Å². The second kappa shape index (κ2) is 7.97. The fourth-order valence-corrected chi connectivity index (χ4v) is 2.42. The molecule has 0 amide bonds. The average molecular weight is 318 g/mol. The van der Waals surface area contributed by atoms with E-state index < -0.39 is 5.97 Å². The standard InChI is InChI=1S/C18H20ClNO2/c1-2-17(11-13-5-9-16(19)10-6-13)20-12-14-3-7-15(8-4-14)18(21)22/h3-10,17,20H,2,11-12H2,1H3,(H,21,22). The van der Waals surface area contributed by atoms with E-state index in [0.717, 1.165) is 30.0 Å². The van der Waals surface area contributed by atoms with Crippen molar-refractivity contribution in [1.29, 1.82) is 0 Å². The van der Waals surface area contributed by atoms with Crippen LogP contribution < -0.4 is 5.32 Å². The first-order chi connectivity index (χ1) is 10.6. The smallest absolute Gasteiger partial charge is 0.335 e. The normalized spacial score (nSPS) is 12.1. The molecule has 2 rings (SSSR count). The summed E-state index contributed by atoms with van der Waals surface area (Å²) in [6, 6.07) is 15.3. The van der Waals surface area contributed by atoms with Crippen LogP contribution in [0.3, 0.4) is 0 Å². The molecule has 0 bridgehead atoms. The summed E-state index contributed by atoms with van der Waals surface area (Å²) in [4.78, 5) is 10.8. The predicted molar refractivity (Wildman–Crippen MR) is 89.5 cm³/mol. The zero-order chi connectivity index (χ0) is 15.9. The van der Waals surface area contributed by atoms with Gasteiger partial charge in [0, 0.05) is 17.6 Å². The van der Waals surface area contributed by atoms with Crippen molar-refractivity contribution >= 4 is 17.6 Å². The minimum atomic E-state index is -0.895. The Morgan fingerprint density at radius 1 is 1.09 bits per heavy atom. The Hall–Kier alpha value is -1.84. The SMILES string of the molecule is CCC(Cc1ccc(Cl)cc1)NCc1ccc(C(=O)O)cc1. The number of halogens is 1. The fraction of sp³-hybridized carbons (Fsp3) is 0.278. The maximum absolute atomic E-state index is 10.8. The third-order valence-corrected chi connectivity index (χ3v) is 3.94. The maximum atomic E-state index is 10.8. The minimum absolute atomic E-state index is 0.317. The van der Waals surface area contributed by atoms with Gasteiger partial charge in [-0.25, -0.2) is 4.79 Å². The molecule has 2 aromatic carbocycles. The molecule has 0 aliphatic heterocycles. The number of carbonyl (C=O) groups is 1. The van der Waals surface area contributed by atoms with Crippen molar-refractivity contribution in [2.24, 2.45) is 0 Å². The molecule has 0 spiro atoms. The molecule has 0 aliphatic carbocycles. The Labute approximate surface area is 135 Å². The van der Waals surface area contributed by atoms with Crippen molar-refractivity contribution in [3.63, 3.8) is 0 Å². The third kappa shape index (κ3) is 4.86. The number of hydrogen-bond acceptors (Lipinski definition) is 2. The van der Waals surface area contributed by atoms with Crippen LogP contribution in [-0.2, 0) is 13.0 Å². The first-order valence-electron chi connectivity index (χ1n) is 7.38. The molecular weight excluding hydrogens is 298 g/mol. The molecule has 2 N–H and O–H groups in total. The largest absolute Gasteiger partial charge is 0.478 e. The van der Waals surface area contributed by atoms with Gasteiger partial charge >= 0.3 is 5.97 Å². The van der Waals surface area contributed by atoms with E-state index in [0.29, 0.717) is 11.6 Å². The third-order valence-electron chi connectivity index (χ3n) is 3.68. The molecule has 0 saturated carbocycles. The molecule has 1 unspecified atom stereocenters. The van der Waals surface area contributed by atoms with Gasteiger partial charge in [0.2, 0.25) is 0 Å². The van der Waals surface area contributed by atoms with Gasteiger partial charge in [-0.3, -0.25) is 0 Å². The van der Waals surface area contributed by atoms with Gasteiger partial charge in [-0.05, 0) is 48.2 Å². The molecule has 0 radical (unpaired) electrons. The van der Waals surface area contributed by atoms with Gasteiger partial charge in [0.05, 0.1) is 5.56 Å². The zero-order valence-electron chi connectivity index (χ0n) is 12.6. The highest BCUT2D eigenvalue weighted by molar-refractivity contribution is 6.30. The molecule has 1 atom stereocenters. The van der Waals surface area contributed by atoms with Gasteiger partial charge in [0.25, 0.3) is 0 Å². The Kier molecular flexibility index (Phi) is 5.99. The number of carboxylic acid groups (broad SMARTS) is 1. The van der Waals surface area contributed by atoms with Crippen molar-refractivity contribution in [3.05, 3.63) is 70.2 Å². The van der Waals surface area contributed by atoms with E-state index in [1.54, 1.807) is 12.1 Å². The summed E-state index contributed by atoms with van der Waals surface area (Å²) < 4.78 is 0. The van der Waals surface area contributed by atoms with Gasteiger partial charge in [0.1, 0.15) is 0 Å². The lowest BCUT2D eigenvalue weighted by atomic mass is 10.0. The Morgan fingerprint density at radius 2 is 1.68 bits per heavy atom. The predicted octanol–water partition coefficient (Wildman–Crippen LogP) is 4.15. The van der Waals surface area contributed by atoms with Crippen LogP contribution in [0.2, 0.25) is 5.02 Å². The lowest BCUT2D eigenvalue weighted by Crippen LogP contribution is -2.30. The highest BCUT2D eigenvalue weighted by Crippen LogP contribution is 2.12. The molecule has 0 aromatic heterocycles. The highest BCUT2D eigenvalue weighted by atomic mass is 35.5. The van der Waals surface area contributed by atoms with Crippen LogP contribution in [-0.4, -0.2) is 17.1 Å². The lowest BCUT2D eigenvalue weighted by molar-refractivity contribution is 0.0697. The van der Waals surface area contributed by atoms with Crippen LogP contribution >= 0.6 is 11.6 Å². The molecule has 2 aromatic rings. The van der Waals surface area contributed by atoms with E-state index >= 15 is 0 Å². The second-order valence-electron chi connectivity index (χ2n) is 5.32. The van der Waals surface area contributed by atoms with E-state index in [1.165, 1.54) is 5.56 Å². The summed E-state index contributed by atoms with van der Waals surface area (Å²) in [6.45, 7) is 2.88. The summed E-state index contributed by atoms with van der Waals surface area (Å²) in [7, 11) is 0. The molecule has 116 valence electrons. The molecule has 0 fully saturated rings. The summed E-state index contributed by atoms with van der Waals surface area (Å²) >= 11 is 5.90. The topological polar surface area (TPSA) is 49.3 Å². The van der Waals surface area contributed by atoms with Crippen molar-refractivity contribution in [2.75, 3.05) is 0 Å². The first-order valence-corrected chi connectivity index (χ1v) is 7.76. The summed E-state index contributed by atoms with van der Waals surface area (Å²) in [5.74, 6) is -0.895. The van der Waals surface area contributed by atoms with Crippen LogP contribution in [0, 0.1) is 0 Å². The van der Waals surface area contributed by atoms with Crippen LogP contribution in [0.15, 0.2) is 48.5 Å². The van der Waals surface area contributed by atoms with Gasteiger partial charge < -0.3 is 10.4 Å².